The van der Waals surface area contributed by atoms with E-state index in [0.717, 1.165) is 11.6 Å². The molecule has 1 fully saturated rings. The van der Waals surface area contributed by atoms with Crippen molar-refractivity contribution in [2.75, 3.05) is 0 Å². The lowest BCUT2D eigenvalue weighted by Gasteiger charge is -2.21. The van der Waals surface area contributed by atoms with Gasteiger partial charge in [0.15, 0.2) is 0 Å². The topological polar surface area (TPSA) is 12.4 Å². The highest BCUT2D eigenvalue weighted by Crippen LogP contribution is 2.26. The molecule has 1 aliphatic rings. The molecule has 1 aromatic carbocycles. The highest BCUT2D eigenvalue weighted by molar-refractivity contribution is 5.86. The molecule has 0 saturated heterocycles. The Morgan fingerprint density at radius 1 is 1.07 bits per heavy atom. The Labute approximate surface area is 92.2 Å². The van der Waals surface area contributed by atoms with Crippen LogP contribution < -0.4 is 0 Å². The molecule has 0 heterocycles. The van der Waals surface area contributed by atoms with E-state index in [0.29, 0.717) is 0 Å². The van der Waals surface area contributed by atoms with Crippen LogP contribution in [-0.2, 0) is 0 Å². The summed E-state index contributed by atoms with van der Waals surface area (Å²) in [6, 6.07) is 10.3. The Balaban J connectivity index is 2.06. The van der Waals surface area contributed by atoms with Crippen molar-refractivity contribution in [3.8, 4) is 0 Å². The van der Waals surface area contributed by atoms with Gasteiger partial charge in [0.05, 0.1) is 5.69 Å². The Bertz CT molecular complexity index is 320. The number of nitrogens with zero attached hydrogens (tertiary/aromatic N) is 1. The van der Waals surface area contributed by atoms with E-state index >= 15 is 0 Å². The minimum atomic E-state index is 0.735. The largest absolute Gasteiger partial charge is 0.258 e. The second-order valence-corrected chi connectivity index (χ2v) is 4.42. The molecule has 0 radical (unpaired) electrons. The number of hydrogen-bond donors (Lipinski definition) is 0. The van der Waals surface area contributed by atoms with Crippen LogP contribution in [0.5, 0.6) is 0 Å². The fraction of sp³-hybridized carbons (Fsp3) is 0.500. The van der Waals surface area contributed by atoms with Gasteiger partial charge in [0.2, 0.25) is 0 Å². The average Bonchev–Trinajstić information content (AvgIpc) is 2.31. The molecule has 0 aliphatic heterocycles. The molecule has 0 unspecified atom stereocenters. The Morgan fingerprint density at radius 2 is 1.73 bits per heavy atom. The van der Waals surface area contributed by atoms with Crippen molar-refractivity contribution in [3.63, 3.8) is 0 Å². The normalized spacial score (nSPS) is 19.1. The first-order valence-corrected chi connectivity index (χ1v) is 5.96. The molecule has 1 aliphatic carbocycles. The first kappa shape index (κ1) is 10.4. The maximum Gasteiger partial charge on any atom is 0.0629 e. The molecule has 0 bridgehead atoms. The van der Waals surface area contributed by atoms with Gasteiger partial charge < -0.3 is 0 Å². The van der Waals surface area contributed by atoms with E-state index in [9.17, 15) is 0 Å². The molecule has 1 saturated carbocycles. The fourth-order valence-electron chi connectivity index (χ4n) is 2.32. The third kappa shape index (κ3) is 2.92. The summed E-state index contributed by atoms with van der Waals surface area (Å²) in [7, 11) is 0. The maximum atomic E-state index is 4.70. The molecule has 0 N–H and O–H groups in total. The molecule has 2 rings (SSSR count). The van der Waals surface area contributed by atoms with Crippen molar-refractivity contribution in [1.29, 1.82) is 0 Å². The number of benzene rings is 1. The maximum absolute atomic E-state index is 4.70. The fourth-order valence-corrected chi connectivity index (χ4v) is 2.32. The molecule has 0 aromatic heterocycles. The van der Waals surface area contributed by atoms with Crippen LogP contribution in [0, 0.1) is 5.92 Å². The zero-order valence-corrected chi connectivity index (χ0v) is 9.45. The van der Waals surface area contributed by atoms with E-state index in [1.807, 2.05) is 18.2 Å². The summed E-state index contributed by atoms with van der Waals surface area (Å²) < 4.78 is 0. The van der Waals surface area contributed by atoms with E-state index in [-0.39, 0.29) is 0 Å². The predicted octanol–water partition coefficient (Wildman–Crippen LogP) is 4.36. The number of para-hydroxylation sites is 1. The molecular formula is C14H19N. The van der Waals surface area contributed by atoms with Crippen LogP contribution in [0.15, 0.2) is 35.3 Å². The monoisotopic (exact) mass is 201 g/mol. The van der Waals surface area contributed by atoms with Gasteiger partial charge in [-0.05, 0) is 37.8 Å². The van der Waals surface area contributed by atoms with Crippen molar-refractivity contribution >= 4 is 11.4 Å². The first-order chi connectivity index (χ1) is 7.36. The molecule has 0 atom stereocenters. The van der Waals surface area contributed by atoms with Gasteiger partial charge in [0.1, 0.15) is 0 Å². The highest BCUT2D eigenvalue weighted by atomic mass is 14.7. The summed E-state index contributed by atoms with van der Waals surface area (Å²) in [4.78, 5) is 4.70. The van der Waals surface area contributed by atoms with E-state index in [1.165, 1.54) is 37.8 Å². The minimum absolute atomic E-state index is 0.735. The van der Waals surface area contributed by atoms with Crippen LogP contribution in [0.4, 0.5) is 5.69 Å². The van der Waals surface area contributed by atoms with Gasteiger partial charge in [-0.1, -0.05) is 37.5 Å². The Kier molecular flexibility index (Phi) is 3.54. The molecule has 1 aromatic rings. The Hall–Kier alpha value is -1.11. The third-order valence-electron chi connectivity index (χ3n) is 3.26. The average molecular weight is 201 g/mol. The summed E-state index contributed by atoms with van der Waals surface area (Å²) in [5.41, 5.74) is 2.42. The van der Waals surface area contributed by atoms with Crippen LogP contribution in [-0.4, -0.2) is 5.71 Å². The molecule has 1 heteroatoms. The van der Waals surface area contributed by atoms with E-state index in [1.54, 1.807) is 0 Å². The molecular weight excluding hydrogens is 182 g/mol. The van der Waals surface area contributed by atoms with Crippen molar-refractivity contribution in [1.82, 2.24) is 0 Å². The van der Waals surface area contributed by atoms with Crippen molar-refractivity contribution in [2.24, 2.45) is 10.9 Å². The van der Waals surface area contributed by atoms with Crippen molar-refractivity contribution in [3.05, 3.63) is 30.3 Å². The highest BCUT2D eigenvalue weighted by Gasteiger charge is 2.15. The lowest BCUT2D eigenvalue weighted by atomic mass is 9.86. The van der Waals surface area contributed by atoms with E-state index in [4.69, 9.17) is 4.99 Å². The van der Waals surface area contributed by atoms with Crippen LogP contribution in [0.1, 0.15) is 39.0 Å². The zero-order chi connectivity index (χ0) is 10.5. The number of hydrogen-bond acceptors (Lipinski definition) is 1. The summed E-state index contributed by atoms with van der Waals surface area (Å²) in [6.07, 6.45) is 6.85. The molecule has 1 nitrogen and oxygen atoms in total. The minimum Gasteiger partial charge on any atom is -0.258 e. The zero-order valence-electron chi connectivity index (χ0n) is 9.45. The summed E-state index contributed by atoms with van der Waals surface area (Å²) in [6.45, 7) is 2.18. The van der Waals surface area contributed by atoms with Gasteiger partial charge in [-0.3, -0.25) is 4.99 Å². The summed E-state index contributed by atoms with van der Waals surface area (Å²) in [5.74, 6) is 0.735. The second-order valence-electron chi connectivity index (χ2n) is 4.42. The molecule has 80 valence electrons. The summed E-state index contributed by atoms with van der Waals surface area (Å²) >= 11 is 0. The van der Waals surface area contributed by atoms with Gasteiger partial charge in [-0.15, -0.1) is 0 Å². The smallest absolute Gasteiger partial charge is 0.0629 e. The third-order valence-corrected chi connectivity index (χ3v) is 3.26. The van der Waals surface area contributed by atoms with Gasteiger partial charge in [0.25, 0.3) is 0 Å². The summed E-state index contributed by atoms with van der Waals surface area (Å²) in [5, 5.41) is 0. The molecule has 15 heavy (non-hydrogen) atoms. The lowest BCUT2D eigenvalue weighted by molar-refractivity contribution is 0.438. The number of rotatable bonds is 2. The van der Waals surface area contributed by atoms with E-state index in [2.05, 4.69) is 19.1 Å². The van der Waals surface area contributed by atoms with Crippen LogP contribution in [0.3, 0.4) is 0 Å². The van der Waals surface area contributed by atoms with Gasteiger partial charge in [0, 0.05) is 5.71 Å². The first-order valence-electron chi connectivity index (χ1n) is 5.96. The van der Waals surface area contributed by atoms with Crippen LogP contribution in [0.25, 0.3) is 0 Å². The molecule has 0 spiro atoms. The van der Waals surface area contributed by atoms with E-state index < -0.39 is 0 Å². The predicted molar refractivity (Wildman–Crippen MR) is 65.8 cm³/mol. The van der Waals surface area contributed by atoms with Crippen LogP contribution >= 0.6 is 0 Å². The Morgan fingerprint density at radius 3 is 2.40 bits per heavy atom. The van der Waals surface area contributed by atoms with Crippen LogP contribution in [0.2, 0.25) is 0 Å². The standard InChI is InChI=1S/C14H19N/c1-12(13-8-4-2-5-9-13)15-14-10-6-3-7-11-14/h3,6-7,10-11,13H,2,4-5,8-9H2,1H3. The lowest BCUT2D eigenvalue weighted by Crippen LogP contribution is -2.14. The van der Waals surface area contributed by atoms with Gasteiger partial charge >= 0.3 is 0 Å². The second kappa shape index (κ2) is 5.11. The van der Waals surface area contributed by atoms with Gasteiger partial charge in [-0.2, -0.15) is 0 Å². The van der Waals surface area contributed by atoms with Crippen molar-refractivity contribution in [2.45, 2.75) is 39.0 Å². The number of aliphatic imine (C=N–C) groups is 1. The van der Waals surface area contributed by atoms with Gasteiger partial charge in [-0.25, -0.2) is 0 Å². The quantitative estimate of drug-likeness (QED) is 0.630. The molecule has 0 amide bonds. The van der Waals surface area contributed by atoms with Crippen molar-refractivity contribution < 1.29 is 0 Å². The SMILES string of the molecule is CC(=Nc1ccccc1)C1CCCCC1.